The van der Waals surface area contributed by atoms with E-state index in [4.69, 9.17) is 9.84 Å². The van der Waals surface area contributed by atoms with Crippen molar-refractivity contribution in [2.24, 2.45) is 0 Å². The van der Waals surface area contributed by atoms with Gasteiger partial charge in [0.05, 0.1) is 17.8 Å². The minimum Gasteiger partial charge on any atom is -0.383 e. The van der Waals surface area contributed by atoms with E-state index in [2.05, 4.69) is 56.7 Å². The molecule has 2 rings (SSSR count). The Kier molecular flexibility index (Phi) is 6.01. The van der Waals surface area contributed by atoms with Crippen LogP contribution in [0.25, 0.3) is 10.9 Å². The first-order valence-corrected chi connectivity index (χ1v) is 8.14. The maximum Gasteiger partial charge on any atom is 0.0843 e. The van der Waals surface area contributed by atoms with Gasteiger partial charge in [0.25, 0.3) is 0 Å². The fourth-order valence-electron chi connectivity index (χ4n) is 2.38. The van der Waals surface area contributed by atoms with Crippen LogP contribution in [0.1, 0.15) is 12.6 Å². The summed E-state index contributed by atoms with van der Waals surface area (Å²) in [5, 5.41) is 6.97. The van der Waals surface area contributed by atoms with E-state index >= 15 is 0 Å². The van der Waals surface area contributed by atoms with E-state index in [9.17, 15) is 0 Å². The van der Waals surface area contributed by atoms with Crippen LogP contribution < -0.4 is 0 Å². The third kappa shape index (κ3) is 3.59. The molecule has 5 heteroatoms. The van der Waals surface area contributed by atoms with Crippen molar-refractivity contribution in [1.82, 2.24) is 14.7 Å². The Hall–Kier alpha value is -0.910. The fourth-order valence-corrected chi connectivity index (χ4v) is 2.88. The number of nitrogens with zero attached hydrogens (tertiary/aromatic N) is 3. The van der Waals surface area contributed by atoms with Gasteiger partial charge in [0.2, 0.25) is 0 Å². The van der Waals surface area contributed by atoms with Crippen LogP contribution in [0.5, 0.6) is 0 Å². The van der Waals surface area contributed by atoms with Crippen LogP contribution >= 0.6 is 15.9 Å². The van der Waals surface area contributed by atoms with E-state index in [0.29, 0.717) is 0 Å². The Bertz CT molecular complexity index is 541. The molecule has 20 heavy (non-hydrogen) atoms. The Labute approximate surface area is 128 Å². The summed E-state index contributed by atoms with van der Waals surface area (Å²) >= 11 is 3.52. The molecule has 0 bridgehead atoms. The summed E-state index contributed by atoms with van der Waals surface area (Å²) in [6.07, 6.45) is 0. The zero-order valence-corrected chi connectivity index (χ0v) is 13.8. The average molecular weight is 340 g/mol. The highest BCUT2D eigenvalue weighted by atomic mass is 79.9. The number of alkyl halides is 1. The second-order valence-corrected chi connectivity index (χ2v) is 5.53. The van der Waals surface area contributed by atoms with Gasteiger partial charge in [-0.2, -0.15) is 5.10 Å². The highest BCUT2D eigenvalue weighted by Gasteiger charge is 2.13. The van der Waals surface area contributed by atoms with Crippen LogP contribution in [0.2, 0.25) is 0 Å². The predicted octanol–water partition coefficient (Wildman–Crippen LogP) is 2.90. The first kappa shape index (κ1) is 15.5. The molecule has 0 spiro atoms. The van der Waals surface area contributed by atoms with Gasteiger partial charge in [0.15, 0.2) is 0 Å². The molecule has 2 aromatic rings. The smallest absolute Gasteiger partial charge is 0.0843 e. The normalized spacial score (nSPS) is 11.6. The summed E-state index contributed by atoms with van der Waals surface area (Å²) in [6.45, 7) is 6.56. The van der Waals surface area contributed by atoms with Crippen molar-refractivity contribution in [3.8, 4) is 0 Å². The number of halogens is 1. The number of hydrogen-bond acceptors (Lipinski definition) is 3. The Morgan fingerprint density at radius 2 is 2.10 bits per heavy atom. The summed E-state index contributed by atoms with van der Waals surface area (Å²) in [5.74, 6) is 0. The van der Waals surface area contributed by atoms with Crippen LogP contribution in [0.15, 0.2) is 24.3 Å². The van der Waals surface area contributed by atoms with Crippen molar-refractivity contribution in [2.75, 3.05) is 32.1 Å². The van der Waals surface area contributed by atoms with E-state index in [1.54, 1.807) is 7.11 Å². The second-order valence-electron chi connectivity index (χ2n) is 4.74. The number of fused-ring (bicyclic) bond motifs is 1. The molecule has 0 unspecified atom stereocenters. The molecule has 0 amide bonds. The van der Waals surface area contributed by atoms with Crippen molar-refractivity contribution in [3.63, 3.8) is 0 Å². The van der Waals surface area contributed by atoms with Gasteiger partial charge in [-0.3, -0.25) is 9.58 Å². The SMILES string of the molecule is CCn1nc(CN(CCBr)CCOC)c2ccccc21. The van der Waals surface area contributed by atoms with Gasteiger partial charge >= 0.3 is 0 Å². The average Bonchev–Trinajstić information content (AvgIpc) is 2.83. The van der Waals surface area contributed by atoms with E-state index in [0.717, 1.165) is 43.8 Å². The molecule has 110 valence electrons. The van der Waals surface area contributed by atoms with E-state index in [-0.39, 0.29) is 0 Å². The minimum atomic E-state index is 0.749. The number of para-hydroxylation sites is 1. The van der Waals surface area contributed by atoms with Crippen LogP contribution in [0, 0.1) is 0 Å². The molecule has 0 radical (unpaired) electrons. The van der Waals surface area contributed by atoms with Gasteiger partial charge in [-0.05, 0) is 13.0 Å². The van der Waals surface area contributed by atoms with Crippen molar-refractivity contribution in [3.05, 3.63) is 30.0 Å². The Morgan fingerprint density at radius 3 is 2.80 bits per heavy atom. The molecule has 0 fully saturated rings. The van der Waals surface area contributed by atoms with Crippen LogP contribution in [0.4, 0.5) is 0 Å². The monoisotopic (exact) mass is 339 g/mol. The summed E-state index contributed by atoms with van der Waals surface area (Å²) in [4.78, 5) is 2.37. The van der Waals surface area contributed by atoms with Crippen molar-refractivity contribution in [2.45, 2.75) is 20.0 Å². The summed E-state index contributed by atoms with van der Waals surface area (Å²) in [6, 6.07) is 8.45. The van der Waals surface area contributed by atoms with Gasteiger partial charge in [-0.25, -0.2) is 0 Å². The molecular weight excluding hydrogens is 318 g/mol. The van der Waals surface area contributed by atoms with Gasteiger partial charge in [0.1, 0.15) is 0 Å². The predicted molar refractivity (Wildman–Crippen MR) is 86.4 cm³/mol. The molecule has 4 nitrogen and oxygen atoms in total. The summed E-state index contributed by atoms with van der Waals surface area (Å²) < 4.78 is 7.26. The van der Waals surface area contributed by atoms with Crippen LogP contribution in [0.3, 0.4) is 0 Å². The third-order valence-electron chi connectivity index (χ3n) is 3.42. The molecule has 0 atom stereocenters. The van der Waals surface area contributed by atoms with Gasteiger partial charge < -0.3 is 4.74 Å². The van der Waals surface area contributed by atoms with Crippen LogP contribution in [-0.4, -0.2) is 46.8 Å². The molecule has 0 aliphatic rings. The molecule has 1 heterocycles. The van der Waals surface area contributed by atoms with E-state index in [1.807, 2.05) is 0 Å². The van der Waals surface area contributed by atoms with Crippen molar-refractivity contribution < 1.29 is 4.74 Å². The van der Waals surface area contributed by atoms with E-state index in [1.165, 1.54) is 10.9 Å². The van der Waals surface area contributed by atoms with E-state index < -0.39 is 0 Å². The van der Waals surface area contributed by atoms with Gasteiger partial charge in [-0.1, -0.05) is 34.1 Å². The highest BCUT2D eigenvalue weighted by molar-refractivity contribution is 9.09. The molecule has 0 saturated carbocycles. The second kappa shape index (κ2) is 7.76. The summed E-state index contributed by atoms with van der Waals surface area (Å²) in [5.41, 5.74) is 2.37. The molecule has 1 aromatic carbocycles. The number of ether oxygens (including phenoxy) is 1. The number of hydrogen-bond donors (Lipinski definition) is 0. The number of aryl methyl sites for hydroxylation is 1. The first-order valence-electron chi connectivity index (χ1n) is 7.01. The molecule has 0 aliphatic heterocycles. The first-order chi connectivity index (χ1) is 9.80. The number of rotatable bonds is 8. The molecule has 0 N–H and O–H groups in total. The van der Waals surface area contributed by atoms with Crippen molar-refractivity contribution >= 4 is 26.8 Å². The number of aromatic nitrogens is 2. The lowest BCUT2D eigenvalue weighted by Crippen LogP contribution is -2.29. The standard InChI is InChI=1S/C15H22BrN3O/c1-3-19-15-7-5-4-6-13(15)14(17-19)12-18(9-8-16)10-11-20-2/h4-7H,3,8-12H2,1-2H3. The lowest BCUT2D eigenvalue weighted by atomic mass is 10.2. The minimum absolute atomic E-state index is 0.749. The van der Waals surface area contributed by atoms with Gasteiger partial charge in [-0.15, -0.1) is 0 Å². The zero-order chi connectivity index (χ0) is 14.4. The molecule has 1 aromatic heterocycles. The fraction of sp³-hybridized carbons (Fsp3) is 0.533. The molecule has 0 aliphatic carbocycles. The quantitative estimate of drug-likeness (QED) is 0.692. The van der Waals surface area contributed by atoms with Crippen LogP contribution in [-0.2, 0) is 17.8 Å². The Morgan fingerprint density at radius 1 is 1.30 bits per heavy atom. The van der Waals surface area contributed by atoms with Crippen molar-refractivity contribution in [1.29, 1.82) is 0 Å². The molecular formula is C15H22BrN3O. The number of benzene rings is 1. The van der Waals surface area contributed by atoms with Gasteiger partial charge in [0, 0.05) is 44.0 Å². The largest absolute Gasteiger partial charge is 0.383 e. The lowest BCUT2D eigenvalue weighted by Gasteiger charge is -2.19. The summed E-state index contributed by atoms with van der Waals surface area (Å²) in [7, 11) is 1.74. The Balaban J connectivity index is 2.22. The molecule has 0 saturated heterocycles. The number of methoxy groups -OCH3 is 1. The lowest BCUT2D eigenvalue weighted by molar-refractivity contribution is 0.147. The maximum atomic E-state index is 5.19. The third-order valence-corrected chi connectivity index (χ3v) is 3.77. The highest BCUT2D eigenvalue weighted by Crippen LogP contribution is 2.19. The zero-order valence-electron chi connectivity index (χ0n) is 12.2. The topological polar surface area (TPSA) is 30.3 Å². The maximum absolute atomic E-state index is 5.19.